The minimum absolute atomic E-state index is 0.0335. The Kier molecular flexibility index (Phi) is 8.06. The number of carbonyl (C=O) groups excluding carboxylic acids is 2. The van der Waals surface area contributed by atoms with Crippen LogP contribution in [-0.2, 0) is 14.3 Å². The molecule has 2 amide bonds. The number of benzene rings is 2. The van der Waals surface area contributed by atoms with Crippen molar-refractivity contribution < 1.29 is 24.2 Å². The molecule has 1 fully saturated rings. The third kappa shape index (κ3) is 6.02. The molecular formula is C28H34N2O5. The van der Waals surface area contributed by atoms with Gasteiger partial charge in [-0.05, 0) is 53.9 Å². The molecule has 0 saturated heterocycles. The number of ether oxygens (including phenoxy) is 1. The normalized spacial score (nSPS) is 19.5. The predicted octanol–water partition coefficient (Wildman–Crippen LogP) is 4.70. The zero-order valence-electron chi connectivity index (χ0n) is 20.2. The number of alkyl carbamates (subject to hydrolysis) is 1. The van der Waals surface area contributed by atoms with Gasteiger partial charge in [0, 0.05) is 24.9 Å². The summed E-state index contributed by atoms with van der Waals surface area (Å²) in [5.41, 5.74) is 4.75. The van der Waals surface area contributed by atoms with Crippen LogP contribution in [0.3, 0.4) is 0 Å². The first-order chi connectivity index (χ1) is 16.9. The summed E-state index contributed by atoms with van der Waals surface area (Å²) in [6.45, 7) is 2.81. The lowest BCUT2D eigenvalue weighted by Gasteiger charge is -2.18. The van der Waals surface area contributed by atoms with Gasteiger partial charge < -0.3 is 20.5 Å². The first-order valence-corrected chi connectivity index (χ1v) is 12.5. The highest BCUT2D eigenvalue weighted by Crippen LogP contribution is 2.44. The number of amides is 2. The van der Waals surface area contributed by atoms with Crippen LogP contribution in [-0.4, -0.2) is 42.3 Å². The summed E-state index contributed by atoms with van der Waals surface area (Å²) in [4.78, 5) is 35.8. The molecule has 3 unspecified atom stereocenters. The van der Waals surface area contributed by atoms with E-state index < -0.39 is 18.0 Å². The molecule has 2 aromatic rings. The minimum Gasteiger partial charge on any atom is -0.481 e. The topological polar surface area (TPSA) is 105 Å². The summed E-state index contributed by atoms with van der Waals surface area (Å²) in [6, 6.07) is 16.2. The van der Waals surface area contributed by atoms with Crippen molar-refractivity contribution in [2.45, 2.75) is 57.4 Å². The van der Waals surface area contributed by atoms with Crippen molar-refractivity contribution >= 4 is 18.0 Å². The van der Waals surface area contributed by atoms with Gasteiger partial charge >= 0.3 is 12.1 Å². The Morgan fingerprint density at radius 1 is 1.00 bits per heavy atom. The van der Waals surface area contributed by atoms with Gasteiger partial charge in [0.2, 0.25) is 5.91 Å². The molecule has 7 nitrogen and oxygen atoms in total. The minimum atomic E-state index is -0.833. The number of nitrogens with one attached hydrogen (secondary N) is 2. The number of fused-ring (bicyclic) bond motifs is 3. The first kappa shape index (κ1) is 24.8. The Bertz CT molecular complexity index is 1020. The number of carbonyl (C=O) groups is 3. The SMILES string of the molecule is CC(CCNC(=O)OCC1c2ccccc2-c2ccccc21)CCC(=O)NC1CCCC1C(=O)O. The number of hydrogen-bond acceptors (Lipinski definition) is 4. The molecule has 4 rings (SSSR count). The lowest BCUT2D eigenvalue weighted by Crippen LogP contribution is -2.40. The standard InChI is InChI=1S/C28H34N2O5/c1-18(13-14-26(31)30-25-12-6-11-23(25)27(32)33)15-16-29-28(34)35-17-24-21-9-4-2-7-19(21)20-8-3-5-10-22(20)24/h2-5,7-10,18,23-25H,6,11-17H2,1H3,(H,29,34)(H,30,31)(H,32,33). The molecule has 3 N–H and O–H groups in total. The Morgan fingerprint density at radius 2 is 1.66 bits per heavy atom. The van der Waals surface area contributed by atoms with Crippen molar-refractivity contribution in [1.29, 1.82) is 0 Å². The quantitative estimate of drug-likeness (QED) is 0.459. The van der Waals surface area contributed by atoms with Gasteiger partial charge in [-0.15, -0.1) is 0 Å². The fraction of sp³-hybridized carbons (Fsp3) is 0.464. The van der Waals surface area contributed by atoms with Crippen molar-refractivity contribution in [3.05, 3.63) is 59.7 Å². The van der Waals surface area contributed by atoms with E-state index in [1.165, 1.54) is 22.3 Å². The first-order valence-electron chi connectivity index (χ1n) is 12.5. The van der Waals surface area contributed by atoms with Gasteiger partial charge in [0.25, 0.3) is 0 Å². The van der Waals surface area contributed by atoms with Crippen LogP contribution in [0.4, 0.5) is 4.79 Å². The molecule has 2 aliphatic carbocycles. The van der Waals surface area contributed by atoms with E-state index in [0.29, 0.717) is 25.8 Å². The molecule has 2 aliphatic rings. The number of hydrogen-bond donors (Lipinski definition) is 3. The number of carboxylic acids is 1. The van der Waals surface area contributed by atoms with Crippen LogP contribution in [0.15, 0.2) is 48.5 Å². The van der Waals surface area contributed by atoms with Crippen molar-refractivity contribution in [2.24, 2.45) is 11.8 Å². The van der Waals surface area contributed by atoms with E-state index in [4.69, 9.17) is 4.74 Å². The largest absolute Gasteiger partial charge is 0.481 e. The second kappa shape index (κ2) is 11.4. The van der Waals surface area contributed by atoms with Gasteiger partial charge in [-0.3, -0.25) is 9.59 Å². The molecule has 186 valence electrons. The molecular weight excluding hydrogens is 444 g/mol. The van der Waals surface area contributed by atoms with Gasteiger partial charge in [0.05, 0.1) is 5.92 Å². The molecule has 3 atom stereocenters. The van der Waals surface area contributed by atoms with E-state index in [9.17, 15) is 19.5 Å². The van der Waals surface area contributed by atoms with Gasteiger partial charge in [0.15, 0.2) is 0 Å². The molecule has 1 saturated carbocycles. The summed E-state index contributed by atoms with van der Waals surface area (Å²) in [5, 5.41) is 15.0. The van der Waals surface area contributed by atoms with Crippen LogP contribution in [0.2, 0.25) is 0 Å². The highest BCUT2D eigenvalue weighted by atomic mass is 16.5. The highest BCUT2D eigenvalue weighted by Gasteiger charge is 2.33. The van der Waals surface area contributed by atoms with Crippen molar-refractivity contribution in [3.8, 4) is 11.1 Å². The summed E-state index contributed by atoms with van der Waals surface area (Å²) in [7, 11) is 0. The molecule has 0 heterocycles. The van der Waals surface area contributed by atoms with E-state index >= 15 is 0 Å². The van der Waals surface area contributed by atoms with Crippen molar-refractivity contribution in [2.75, 3.05) is 13.2 Å². The fourth-order valence-electron chi connectivity index (χ4n) is 5.30. The Labute approximate surface area is 206 Å². The van der Waals surface area contributed by atoms with Crippen LogP contribution in [0.25, 0.3) is 11.1 Å². The highest BCUT2D eigenvalue weighted by molar-refractivity contribution is 5.79. The van der Waals surface area contributed by atoms with Gasteiger partial charge in [-0.1, -0.05) is 61.9 Å². The zero-order valence-corrected chi connectivity index (χ0v) is 20.2. The maximum Gasteiger partial charge on any atom is 0.407 e. The molecule has 0 bridgehead atoms. The van der Waals surface area contributed by atoms with Crippen molar-refractivity contribution in [3.63, 3.8) is 0 Å². The second-order valence-electron chi connectivity index (χ2n) is 9.73. The maximum atomic E-state index is 12.3. The van der Waals surface area contributed by atoms with Gasteiger partial charge in [0.1, 0.15) is 6.61 Å². The lowest BCUT2D eigenvalue weighted by molar-refractivity contribution is -0.142. The Hall–Kier alpha value is -3.35. The average Bonchev–Trinajstić information content (AvgIpc) is 3.44. The maximum absolute atomic E-state index is 12.3. The average molecular weight is 479 g/mol. The third-order valence-corrected chi connectivity index (χ3v) is 7.29. The summed E-state index contributed by atoms with van der Waals surface area (Å²) in [5.74, 6) is -1.13. The second-order valence-corrected chi connectivity index (χ2v) is 9.73. The molecule has 2 aromatic carbocycles. The van der Waals surface area contributed by atoms with Crippen LogP contribution in [0.5, 0.6) is 0 Å². The Balaban J connectivity index is 1.15. The van der Waals surface area contributed by atoms with Crippen molar-refractivity contribution in [1.82, 2.24) is 10.6 Å². The molecule has 7 heteroatoms. The Morgan fingerprint density at radius 3 is 2.31 bits per heavy atom. The van der Waals surface area contributed by atoms with E-state index in [-0.39, 0.29) is 30.4 Å². The smallest absolute Gasteiger partial charge is 0.407 e. The molecule has 35 heavy (non-hydrogen) atoms. The molecule has 0 aromatic heterocycles. The lowest BCUT2D eigenvalue weighted by atomic mass is 9.98. The van der Waals surface area contributed by atoms with Crippen LogP contribution in [0.1, 0.15) is 62.5 Å². The van der Waals surface area contributed by atoms with E-state index in [0.717, 1.165) is 19.3 Å². The summed E-state index contributed by atoms with van der Waals surface area (Å²) < 4.78 is 5.56. The monoisotopic (exact) mass is 478 g/mol. The van der Waals surface area contributed by atoms with Crippen LogP contribution in [0, 0.1) is 11.8 Å². The predicted molar refractivity (Wildman–Crippen MR) is 133 cm³/mol. The third-order valence-electron chi connectivity index (χ3n) is 7.29. The number of aliphatic carboxylic acids is 1. The molecule has 0 radical (unpaired) electrons. The zero-order chi connectivity index (χ0) is 24.8. The molecule has 0 spiro atoms. The molecule has 0 aliphatic heterocycles. The summed E-state index contributed by atoms with van der Waals surface area (Å²) in [6.07, 6.45) is 3.52. The van der Waals surface area contributed by atoms with E-state index in [2.05, 4.69) is 34.9 Å². The van der Waals surface area contributed by atoms with E-state index in [1.807, 2.05) is 31.2 Å². The van der Waals surface area contributed by atoms with E-state index in [1.54, 1.807) is 0 Å². The van der Waals surface area contributed by atoms with Crippen LogP contribution >= 0.6 is 0 Å². The summed E-state index contributed by atoms with van der Waals surface area (Å²) >= 11 is 0. The van der Waals surface area contributed by atoms with Gasteiger partial charge in [-0.25, -0.2) is 4.79 Å². The van der Waals surface area contributed by atoms with Crippen LogP contribution < -0.4 is 10.6 Å². The fourth-order valence-corrected chi connectivity index (χ4v) is 5.30. The number of carboxylic acid groups (broad SMARTS) is 1. The van der Waals surface area contributed by atoms with Gasteiger partial charge in [-0.2, -0.15) is 0 Å². The number of rotatable bonds is 10.